The van der Waals surface area contributed by atoms with Gasteiger partial charge in [0.1, 0.15) is 11.6 Å². The first kappa shape index (κ1) is 39.9. The molecule has 2 aromatic carbocycles. The van der Waals surface area contributed by atoms with Crippen molar-refractivity contribution in [3.05, 3.63) is 93.4 Å². The van der Waals surface area contributed by atoms with E-state index in [0.717, 1.165) is 35.8 Å². The van der Waals surface area contributed by atoms with Crippen LogP contribution in [0.1, 0.15) is 63.6 Å². The van der Waals surface area contributed by atoms with Gasteiger partial charge in [-0.1, -0.05) is 45.0 Å². The number of aliphatic hydroxyl groups excluding tert-OH is 2. The normalized spacial score (nSPS) is 18.3. The molecular formula is C36H50F2N4O6S. The van der Waals surface area contributed by atoms with Gasteiger partial charge < -0.3 is 26.2 Å². The average Bonchev–Trinajstić information content (AvgIpc) is 3.05. The van der Waals surface area contributed by atoms with Gasteiger partial charge in [0.25, 0.3) is 0 Å². The summed E-state index contributed by atoms with van der Waals surface area (Å²) in [6.45, 7) is 7.72. The molecule has 2 amide bonds. The lowest BCUT2D eigenvalue weighted by Gasteiger charge is -2.42. The van der Waals surface area contributed by atoms with Gasteiger partial charge in [0.15, 0.2) is 0 Å². The number of nitrogens with one attached hydrogen (secondary N) is 2. The van der Waals surface area contributed by atoms with Crippen molar-refractivity contribution in [2.45, 2.75) is 78.5 Å². The predicted octanol–water partition coefficient (Wildman–Crippen LogP) is 3.47. The molecule has 0 heterocycles. The minimum Gasteiger partial charge on any atom is -0.395 e. The summed E-state index contributed by atoms with van der Waals surface area (Å²) in [5, 5.41) is 24.6. The fourth-order valence-corrected chi connectivity index (χ4v) is 7.70. The highest BCUT2D eigenvalue weighted by molar-refractivity contribution is 7.93. The second kappa shape index (κ2) is 18.0. The van der Waals surface area contributed by atoms with Crippen LogP contribution < -0.4 is 15.8 Å². The smallest absolute Gasteiger partial charge is 0.249 e. The van der Waals surface area contributed by atoms with Crippen LogP contribution in [0.25, 0.3) is 0 Å². The Balaban J connectivity index is 2.18. The molecule has 0 saturated heterocycles. The van der Waals surface area contributed by atoms with Crippen molar-refractivity contribution < 1.29 is 37.0 Å². The molecule has 0 radical (unpaired) electrons. The molecule has 0 bridgehead atoms. The number of hydrogen-bond donors (Lipinski definition) is 5. The Morgan fingerprint density at radius 1 is 1.02 bits per heavy atom. The maximum absolute atomic E-state index is 14.4. The number of aliphatic hydroxyl groups is 2. The molecule has 1 aliphatic rings. The van der Waals surface area contributed by atoms with Gasteiger partial charge in [-0.25, -0.2) is 21.9 Å². The van der Waals surface area contributed by atoms with E-state index in [0.29, 0.717) is 38.5 Å². The maximum atomic E-state index is 14.4. The summed E-state index contributed by atoms with van der Waals surface area (Å²) in [5.74, 6) is -4.52. The minimum absolute atomic E-state index is 0.0211. The average molecular weight is 705 g/mol. The zero-order chi connectivity index (χ0) is 36.4. The highest BCUT2D eigenvalue weighted by atomic mass is 32.2. The van der Waals surface area contributed by atoms with Gasteiger partial charge in [-0.15, -0.1) is 0 Å². The van der Waals surface area contributed by atoms with E-state index in [4.69, 9.17) is 5.73 Å². The zero-order valence-electron chi connectivity index (χ0n) is 28.7. The summed E-state index contributed by atoms with van der Waals surface area (Å²) in [6, 6.07) is 9.77. The van der Waals surface area contributed by atoms with E-state index in [1.807, 2.05) is 45.0 Å². The maximum Gasteiger partial charge on any atom is 0.249 e. The van der Waals surface area contributed by atoms with Crippen molar-refractivity contribution in [1.29, 1.82) is 0 Å². The lowest BCUT2D eigenvalue weighted by molar-refractivity contribution is -0.132. The molecule has 270 valence electrons. The number of allylic oxidation sites excluding steroid dienone is 1. The van der Waals surface area contributed by atoms with Crippen molar-refractivity contribution in [2.75, 3.05) is 26.2 Å². The van der Waals surface area contributed by atoms with Crippen LogP contribution in [-0.2, 0) is 39.0 Å². The molecule has 6 N–H and O–H groups in total. The number of halogens is 2. The van der Waals surface area contributed by atoms with E-state index < -0.39 is 68.5 Å². The summed E-state index contributed by atoms with van der Waals surface area (Å²) >= 11 is 0. The Labute approximate surface area is 288 Å². The Morgan fingerprint density at radius 3 is 2.22 bits per heavy atom. The number of benzene rings is 2. The van der Waals surface area contributed by atoms with Crippen LogP contribution in [0.2, 0.25) is 0 Å². The van der Waals surface area contributed by atoms with Gasteiger partial charge in [0.2, 0.25) is 21.8 Å². The Hall–Kier alpha value is -3.49. The topological polar surface area (TPSA) is 162 Å². The molecule has 0 aliphatic heterocycles. The number of sulfonamides is 1. The van der Waals surface area contributed by atoms with Gasteiger partial charge in [0.05, 0.1) is 23.0 Å². The molecule has 1 aliphatic carbocycles. The Morgan fingerprint density at radius 2 is 1.65 bits per heavy atom. The molecule has 13 heteroatoms. The van der Waals surface area contributed by atoms with Crippen LogP contribution in [-0.4, -0.2) is 73.7 Å². The molecule has 0 spiro atoms. The van der Waals surface area contributed by atoms with Crippen molar-refractivity contribution in [3.63, 3.8) is 0 Å². The number of primary amides is 1. The summed E-state index contributed by atoms with van der Waals surface area (Å²) in [7, 11) is -4.44. The van der Waals surface area contributed by atoms with E-state index in [2.05, 4.69) is 10.0 Å². The third-order valence-electron chi connectivity index (χ3n) is 8.73. The van der Waals surface area contributed by atoms with E-state index >= 15 is 0 Å². The highest BCUT2D eigenvalue weighted by Crippen LogP contribution is 2.45. The number of nitrogens with zero attached hydrogens (tertiary/aromatic N) is 1. The first-order valence-corrected chi connectivity index (χ1v) is 18.2. The number of amides is 2. The number of rotatable bonds is 19. The first-order valence-electron chi connectivity index (χ1n) is 16.8. The monoisotopic (exact) mass is 704 g/mol. The number of nitrogens with two attached hydrogens (primary N) is 1. The third-order valence-corrected chi connectivity index (χ3v) is 10.3. The van der Waals surface area contributed by atoms with Crippen molar-refractivity contribution in [2.24, 2.45) is 17.1 Å². The van der Waals surface area contributed by atoms with Gasteiger partial charge >= 0.3 is 0 Å². The number of carbonyl (C=O) groups excluding carboxylic acids is 2. The standard InChI is InChI=1S/C36H50F2N4O6S/c1-5-11-42(12-6-2)34(45)28-17-31(49(47,48)41-24(4)23-43)20-36(19-28,35(39)46)32(16-27-14-29(37)18-30(38)15-27)33(44)22-40-21-26-10-8-9-25(7-3)13-26/h8-10,13-15,17-18,20,24,32-33,40-41,43-44H,5-7,11-12,16,19,21-23H2,1-4H3,(H2,39,46)/t24-,32-,33+,36?/m1/s1. The van der Waals surface area contributed by atoms with Gasteiger partial charge in [0, 0.05) is 49.8 Å². The fraction of sp³-hybridized carbons (Fsp3) is 0.500. The summed E-state index contributed by atoms with van der Waals surface area (Å²) in [4.78, 5) is 28.9. The highest BCUT2D eigenvalue weighted by Gasteiger charge is 2.50. The van der Waals surface area contributed by atoms with Crippen molar-refractivity contribution >= 4 is 21.8 Å². The quantitative estimate of drug-likeness (QED) is 0.150. The summed E-state index contributed by atoms with van der Waals surface area (Å²) in [5.41, 5.74) is 6.27. The zero-order valence-corrected chi connectivity index (χ0v) is 29.5. The lowest BCUT2D eigenvalue weighted by atomic mass is 9.64. The van der Waals surface area contributed by atoms with Crippen LogP contribution in [0.4, 0.5) is 8.78 Å². The molecule has 0 saturated carbocycles. The molecule has 3 rings (SSSR count). The van der Waals surface area contributed by atoms with Crippen LogP contribution in [0.3, 0.4) is 0 Å². The van der Waals surface area contributed by atoms with Crippen LogP contribution in [0, 0.1) is 23.0 Å². The minimum atomic E-state index is -4.44. The van der Waals surface area contributed by atoms with Crippen LogP contribution >= 0.6 is 0 Å². The summed E-state index contributed by atoms with van der Waals surface area (Å²) in [6.07, 6.45) is 2.34. The predicted molar refractivity (Wildman–Crippen MR) is 185 cm³/mol. The van der Waals surface area contributed by atoms with E-state index in [1.165, 1.54) is 13.0 Å². The Kier molecular flexibility index (Phi) is 14.6. The number of hydrogen-bond acceptors (Lipinski definition) is 7. The van der Waals surface area contributed by atoms with Gasteiger partial charge in [-0.2, -0.15) is 0 Å². The molecule has 1 unspecified atom stereocenters. The second-order valence-corrected chi connectivity index (χ2v) is 14.5. The molecule has 10 nitrogen and oxygen atoms in total. The molecular weight excluding hydrogens is 654 g/mol. The van der Waals surface area contributed by atoms with Crippen molar-refractivity contribution in [3.8, 4) is 0 Å². The van der Waals surface area contributed by atoms with E-state index in [-0.39, 0.29) is 30.5 Å². The number of carbonyl (C=O) groups is 2. The molecule has 4 atom stereocenters. The molecule has 2 aromatic rings. The molecule has 49 heavy (non-hydrogen) atoms. The summed E-state index contributed by atoms with van der Waals surface area (Å²) < 4.78 is 58.6. The number of aryl methyl sites for hydroxylation is 1. The van der Waals surface area contributed by atoms with Crippen LogP contribution in [0.15, 0.2) is 65.1 Å². The third kappa shape index (κ3) is 10.5. The molecule has 0 aromatic heterocycles. The largest absolute Gasteiger partial charge is 0.395 e. The van der Waals surface area contributed by atoms with E-state index in [1.54, 1.807) is 4.90 Å². The van der Waals surface area contributed by atoms with Crippen molar-refractivity contribution in [1.82, 2.24) is 14.9 Å². The second-order valence-electron chi connectivity index (χ2n) is 12.8. The lowest BCUT2D eigenvalue weighted by Crippen LogP contribution is -2.52. The van der Waals surface area contributed by atoms with E-state index in [9.17, 15) is 37.0 Å². The fourth-order valence-electron chi connectivity index (χ4n) is 6.29. The Bertz CT molecular complexity index is 1610. The first-order chi connectivity index (χ1) is 23.2. The van der Waals surface area contributed by atoms with Gasteiger partial charge in [-0.3, -0.25) is 9.59 Å². The van der Waals surface area contributed by atoms with Crippen LogP contribution in [0.5, 0.6) is 0 Å². The molecule has 0 fully saturated rings. The SMILES string of the molecule is CCCN(CCC)C(=O)C1=CC(S(=O)(=O)N[C@H](C)CO)=CC(C(N)=O)([C@H](Cc2cc(F)cc(F)c2)[C@@H](O)CNCc2cccc(CC)c2)C1. The van der Waals surface area contributed by atoms with Gasteiger partial charge in [-0.05, 0) is 80.0 Å².